The predicted octanol–water partition coefficient (Wildman–Crippen LogP) is 2.01. The Kier molecular flexibility index (Phi) is 4.34. The molecule has 0 aliphatic heterocycles. The number of nitrogens with one attached hydrogen (secondary N) is 2. The Labute approximate surface area is 90.1 Å². The van der Waals surface area contributed by atoms with Crippen molar-refractivity contribution in [2.24, 2.45) is 5.92 Å². The quantitative estimate of drug-likeness (QED) is 0.780. The van der Waals surface area contributed by atoms with Crippen LogP contribution in [0.4, 0.5) is 5.69 Å². The number of H-pyrrole nitrogens is 1. The van der Waals surface area contributed by atoms with Crippen molar-refractivity contribution in [1.82, 2.24) is 10.2 Å². The molecule has 0 aliphatic carbocycles. The fraction of sp³-hybridized carbons (Fsp3) is 0.636. The second-order valence-electron chi connectivity index (χ2n) is 3.84. The van der Waals surface area contributed by atoms with E-state index in [4.69, 9.17) is 0 Å². The van der Waals surface area contributed by atoms with E-state index in [9.17, 15) is 4.79 Å². The Bertz CT molecular complexity index is 344. The summed E-state index contributed by atoms with van der Waals surface area (Å²) < 4.78 is 0. The Balaban J connectivity index is 2.65. The third-order valence-electron chi connectivity index (χ3n) is 2.82. The molecule has 0 saturated carbocycles. The molecular formula is C11H19N3O. The SMILES string of the molecule is CCC(CC)C(C)Nc1cn[nH]c(=O)c1. The maximum Gasteiger partial charge on any atom is 0.266 e. The molecule has 0 radical (unpaired) electrons. The van der Waals surface area contributed by atoms with Crippen LogP contribution in [0.15, 0.2) is 17.1 Å². The Morgan fingerprint density at radius 3 is 2.67 bits per heavy atom. The van der Waals surface area contributed by atoms with E-state index in [-0.39, 0.29) is 5.56 Å². The van der Waals surface area contributed by atoms with Crippen molar-refractivity contribution >= 4 is 5.69 Å². The van der Waals surface area contributed by atoms with E-state index in [2.05, 4.69) is 36.3 Å². The van der Waals surface area contributed by atoms with E-state index in [0.717, 1.165) is 18.5 Å². The van der Waals surface area contributed by atoms with Crippen molar-refractivity contribution in [2.45, 2.75) is 39.7 Å². The van der Waals surface area contributed by atoms with Gasteiger partial charge in [0.05, 0.1) is 11.9 Å². The summed E-state index contributed by atoms with van der Waals surface area (Å²) in [6, 6.07) is 1.90. The van der Waals surface area contributed by atoms with Gasteiger partial charge in [0.25, 0.3) is 5.56 Å². The smallest absolute Gasteiger partial charge is 0.266 e. The highest BCUT2D eigenvalue weighted by molar-refractivity contribution is 5.39. The molecule has 15 heavy (non-hydrogen) atoms. The molecule has 2 N–H and O–H groups in total. The van der Waals surface area contributed by atoms with Crippen molar-refractivity contribution in [1.29, 1.82) is 0 Å². The molecule has 0 saturated heterocycles. The molecule has 0 amide bonds. The molecule has 1 aromatic rings. The molecule has 4 heteroatoms. The molecule has 1 rings (SSSR count). The summed E-state index contributed by atoms with van der Waals surface area (Å²) >= 11 is 0. The van der Waals surface area contributed by atoms with Crippen LogP contribution in [0.1, 0.15) is 33.6 Å². The van der Waals surface area contributed by atoms with Gasteiger partial charge in [-0.05, 0) is 12.8 Å². The average Bonchev–Trinajstić information content (AvgIpc) is 2.19. The van der Waals surface area contributed by atoms with Gasteiger partial charge in [0.2, 0.25) is 0 Å². The molecule has 0 aliphatic rings. The topological polar surface area (TPSA) is 57.8 Å². The van der Waals surface area contributed by atoms with E-state index in [0.29, 0.717) is 12.0 Å². The van der Waals surface area contributed by atoms with Crippen molar-refractivity contribution in [2.75, 3.05) is 5.32 Å². The van der Waals surface area contributed by atoms with Gasteiger partial charge in [0, 0.05) is 12.1 Å². The summed E-state index contributed by atoms with van der Waals surface area (Å²) in [5.74, 6) is 0.629. The van der Waals surface area contributed by atoms with Crippen LogP contribution in [-0.4, -0.2) is 16.2 Å². The van der Waals surface area contributed by atoms with Crippen LogP contribution < -0.4 is 10.9 Å². The molecule has 0 aromatic carbocycles. The number of hydrogen-bond donors (Lipinski definition) is 2. The van der Waals surface area contributed by atoms with Gasteiger partial charge in [-0.25, -0.2) is 5.10 Å². The lowest BCUT2D eigenvalue weighted by Gasteiger charge is -2.23. The third-order valence-corrected chi connectivity index (χ3v) is 2.82. The summed E-state index contributed by atoms with van der Waals surface area (Å²) in [7, 11) is 0. The first-order valence-electron chi connectivity index (χ1n) is 5.48. The van der Waals surface area contributed by atoms with Gasteiger partial charge >= 0.3 is 0 Å². The minimum Gasteiger partial charge on any atom is -0.381 e. The molecule has 4 nitrogen and oxygen atoms in total. The molecule has 0 fully saturated rings. The first kappa shape index (κ1) is 11.8. The van der Waals surface area contributed by atoms with Crippen LogP contribution in [0.5, 0.6) is 0 Å². The maximum atomic E-state index is 11.0. The molecular weight excluding hydrogens is 190 g/mol. The largest absolute Gasteiger partial charge is 0.381 e. The molecule has 84 valence electrons. The van der Waals surface area contributed by atoms with E-state index in [1.54, 1.807) is 6.20 Å². The van der Waals surface area contributed by atoms with Gasteiger partial charge < -0.3 is 5.32 Å². The molecule has 0 spiro atoms. The minimum absolute atomic E-state index is 0.170. The van der Waals surface area contributed by atoms with E-state index in [1.165, 1.54) is 6.07 Å². The summed E-state index contributed by atoms with van der Waals surface area (Å²) in [6.45, 7) is 6.50. The van der Waals surface area contributed by atoms with E-state index >= 15 is 0 Å². The van der Waals surface area contributed by atoms with Crippen molar-refractivity contribution in [3.63, 3.8) is 0 Å². The fourth-order valence-corrected chi connectivity index (χ4v) is 1.83. The summed E-state index contributed by atoms with van der Waals surface area (Å²) in [5, 5.41) is 9.41. The number of anilines is 1. The minimum atomic E-state index is -0.170. The van der Waals surface area contributed by atoms with Crippen LogP contribution in [0.2, 0.25) is 0 Å². The highest BCUT2D eigenvalue weighted by Crippen LogP contribution is 2.16. The van der Waals surface area contributed by atoms with E-state index < -0.39 is 0 Å². The number of nitrogens with zero attached hydrogens (tertiary/aromatic N) is 1. The van der Waals surface area contributed by atoms with Crippen LogP contribution in [-0.2, 0) is 0 Å². The maximum absolute atomic E-state index is 11.0. The zero-order valence-electron chi connectivity index (χ0n) is 9.58. The van der Waals surface area contributed by atoms with E-state index in [1.807, 2.05) is 0 Å². The average molecular weight is 209 g/mol. The van der Waals surface area contributed by atoms with Gasteiger partial charge in [0.1, 0.15) is 0 Å². The Morgan fingerprint density at radius 2 is 2.13 bits per heavy atom. The van der Waals surface area contributed by atoms with Crippen LogP contribution in [0.3, 0.4) is 0 Å². The standard InChI is InChI=1S/C11H19N3O/c1-4-9(5-2)8(3)13-10-6-11(15)14-12-7-10/h6-9H,4-5H2,1-3H3,(H2,13,14,15). The monoisotopic (exact) mass is 209 g/mol. The van der Waals surface area contributed by atoms with Gasteiger partial charge in [-0.1, -0.05) is 26.7 Å². The van der Waals surface area contributed by atoms with Gasteiger partial charge in [-0.2, -0.15) is 5.10 Å². The van der Waals surface area contributed by atoms with Crippen molar-refractivity contribution in [3.8, 4) is 0 Å². The molecule has 1 unspecified atom stereocenters. The molecule has 1 atom stereocenters. The summed E-state index contributed by atoms with van der Waals surface area (Å²) in [4.78, 5) is 11.0. The number of hydrogen-bond acceptors (Lipinski definition) is 3. The Morgan fingerprint density at radius 1 is 1.47 bits per heavy atom. The highest BCUT2D eigenvalue weighted by atomic mass is 16.1. The second-order valence-corrected chi connectivity index (χ2v) is 3.84. The van der Waals surface area contributed by atoms with Crippen molar-refractivity contribution in [3.05, 3.63) is 22.6 Å². The lowest BCUT2D eigenvalue weighted by Crippen LogP contribution is -2.25. The zero-order chi connectivity index (χ0) is 11.3. The van der Waals surface area contributed by atoms with Crippen LogP contribution in [0, 0.1) is 5.92 Å². The lowest BCUT2D eigenvalue weighted by atomic mass is 9.95. The van der Waals surface area contributed by atoms with Gasteiger partial charge in [-0.15, -0.1) is 0 Å². The predicted molar refractivity (Wildman–Crippen MR) is 62.0 cm³/mol. The van der Waals surface area contributed by atoms with Gasteiger partial charge in [0.15, 0.2) is 0 Å². The summed E-state index contributed by atoms with van der Waals surface area (Å²) in [6.07, 6.45) is 3.92. The first-order valence-corrected chi connectivity index (χ1v) is 5.48. The summed E-state index contributed by atoms with van der Waals surface area (Å²) in [5.41, 5.74) is 0.620. The normalized spacial score (nSPS) is 12.8. The van der Waals surface area contributed by atoms with Gasteiger partial charge in [-0.3, -0.25) is 4.79 Å². The fourth-order valence-electron chi connectivity index (χ4n) is 1.83. The second kappa shape index (κ2) is 5.53. The van der Waals surface area contributed by atoms with Crippen LogP contribution >= 0.6 is 0 Å². The molecule has 1 heterocycles. The molecule has 0 bridgehead atoms. The number of aromatic amines is 1. The number of rotatable bonds is 5. The molecule has 1 aromatic heterocycles. The lowest BCUT2D eigenvalue weighted by molar-refractivity contribution is 0.437. The first-order chi connectivity index (χ1) is 7.17. The van der Waals surface area contributed by atoms with Crippen molar-refractivity contribution < 1.29 is 0 Å². The van der Waals surface area contributed by atoms with Crippen LogP contribution in [0.25, 0.3) is 0 Å². The highest BCUT2D eigenvalue weighted by Gasteiger charge is 2.12. The third kappa shape index (κ3) is 3.38. The zero-order valence-corrected chi connectivity index (χ0v) is 9.58. The Hall–Kier alpha value is -1.32. The number of aromatic nitrogens is 2.